The molecular formula is C37H49N7O6. The molecule has 0 saturated carbocycles. The highest BCUT2D eigenvalue weighted by Gasteiger charge is 2.36. The molecule has 0 aliphatic carbocycles. The van der Waals surface area contributed by atoms with Crippen molar-refractivity contribution in [3.63, 3.8) is 0 Å². The Morgan fingerprint density at radius 1 is 0.840 bits per heavy atom. The summed E-state index contributed by atoms with van der Waals surface area (Å²) in [4.78, 5) is 73.7. The number of amides is 6. The molecule has 0 bridgehead atoms. The summed E-state index contributed by atoms with van der Waals surface area (Å²) in [6.07, 6.45) is 6.52. The van der Waals surface area contributed by atoms with E-state index in [0.29, 0.717) is 62.9 Å². The van der Waals surface area contributed by atoms with Crippen LogP contribution in [0, 0.1) is 0 Å². The highest BCUT2D eigenvalue weighted by atomic mass is 16.5. The fourth-order valence-corrected chi connectivity index (χ4v) is 7.63. The number of esters is 1. The first-order valence-electron chi connectivity index (χ1n) is 18.1. The quantitative estimate of drug-likeness (QED) is 0.335. The summed E-state index contributed by atoms with van der Waals surface area (Å²) in [6.45, 7) is 6.78. The van der Waals surface area contributed by atoms with Crippen LogP contribution in [0.5, 0.6) is 0 Å². The average molecular weight is 688 g/mol. The number of urea groups is 2. The number of likely N-dealkylation sites (tertiary alicyclic amines) is 3. The normalized spacial score (nSPS) is 19.6. The van der Waals surface area contributed by atoms with Gasteiger partial charge < -0.3 is 40.3 Å². The molecule has 3 N–H and O–H groups in total. The number of anilines is 2. The van der Waals surface area contributed by atoms with Crippen molar-refractivity contribution in [1.29, 1.82) is 0 Å². The number of hydrogen-bond donors (Lipinski definition) is 3. The molecule has 0 aromatic heterocycles. The van der Waals surface area contributed by atoms with Gasteiger partial charge in [0.1, 0.15) is 6.04 Å². The van der Waals surface area contributed by atoms with Crippen molar-refractivity contribution in [2.24, 2.45) is 0 Å². The van der Waals surface area contributed by atoms with Crippen LogP contribution in [-0.2, 0) is 20.9 Å². The minimum Gasteiger partial charge on any atom is -0.462 e. The monoisotopic (exact) mass is 687 g/mol. The molecule has 1 atom stereocenters. The van der Waals surface area contributed by atoms with Gasteiger partial charge in [-0.2, -0.15) is 0 Å². The zero-order valence-electron chi connectivity index (χ0n) is 28.9. The fourth-order valence-electron chi connectivity index (χ4n) is 7.63. The van der Waals surface area contributed by atoms with Crippen LogP contribution in [0.15, 0.2) is 48.5 Å². The van der Waals surface area contributed by atoms with E-state index in [1.165, 1.54) is 19.3 Å². The van der Waals surface area contributed by atoms with Crippen molar-refractivity contribution < 1.29 is 28.7 Å². The SMILES string of the molecule is CCOC(=O)c1ccc(NC(=O)N[C@H](CC(=O)N2CCC(N3Cc4ccccc4NC3=O)CC2)C(=O)N2CCC(N3CCCCC3)CC2)cc1. The minimum absolute atomic E-state index is 0.00912. The molecular weight excluding hydrogens is 638 g/mol. The summed E-state index contributed by atoms with van der Waals surface area (Å²) >= 11 is 0. The summed E-state index contributed by atoms with van der Waals surface area (Å²) in [7, 11) is 0. The third-order valence-electron chi connectivity index (χ3n) is 10.4. The van der Waals surface area contributed by atoms with Crippen molar-refractivity contribution in [1.82, 2.24) is 24.9 Å². The van der Waals surface area contributed by atoms with Gasteiger partial charge in [-0.25, -0.2) is 14.4 Å². The lowest BCUT2D eigenvalue weighted by molar-refractivity contribution is -0.140. The van der Waals surface area contributed by atoms with E-state index in [1.807, 2.05) is 29.2 Å². The minimum atomic E-state index is -1.05. The Morgan fingerprint density at radius 3 is 2.20 bits per heavy atom. The van der Waals surface area contributed by atoms with Gasteiger partial charge in [0.2, 0.25) is 11.8 Å². The fraction of sp³-hybridized carbons (Fsp3) is 0.541. The predicted octanol–water partition coefficient (Wildman–Crippen LogP) is 4.26. The highest BCUT2D eigenvalue weighted by Crippen LogP contribution is 2.28. The van der Waals surface area contributed by atoms with E-state index in [9.17, 15) is 24.0 Å². The smallest absolute Gasteiger partial charge is 0.338 e. The van der Waals surface area contributed by atoms with Gasteiger partial charge in [0, 0.05) is 56.2 Å². The zero-order chi connectivity index (χ0) is 35.0. The van der Waals surface area contributed by atoms with Crippen LogP contribution < -0.4 is 16.0 Å². The molecule has 0 unspecified atom stereocenters. The predicted molar refractivity (Wildman–Crippen MR) is 189 cm³/mol. The molecule has 6 amide bonds. The van der Waals surface area contributed by atoms with E-state index < -0.39 is 18.0 Å². The van der Waals surface area contributed by atoms with Crippen LogP contribution in [0.25, 0.3) is 0 Å². The first-order valence-corrected chi connectivity index (χ1v) is 18.1. The largest absolute Gasteiger partial charge is 0.462 e. The van der Waals surface area contributed by atoms with Gasteiger partial charge in [-0.1, -0.05) is 24.6 Å². The molecule has 2 aromatic carbocycles. The summed E-state index contributed by atoms with van der Waals surface area (Å²) < 4.78 is 5.03. The number of rotatable bonds is 9. The van der Waals surface area contributed by atoms with Crippen LogP contribution in [0.2, 0.25) is 0 Å². The summed E-state index contributed by atoms with van der Waals surface area (Å²) in [5, 5.41) is 8.50. The van der Waals surface area contributed by atoms with Crippen LogP contribution in [0.4, 0.5) is 21.0 Å². The van der Waals surface area contributed by atoms with Gasteiger partial charge >= 0.3 is 18.0 Å². The Balaban J connectivity index is 1.07. The average Bonchev–Trinajstić information content (AvgIpc) is 3.15. The van der Waals surface area contributed by atoms with Crippen molar-refractivity contribution in [3.8, 4) is 0 Å². The first-order chi connectivity index (χ1) is 24.3. The Bertz CT molecular complexity index is 1530. The molecule has 268 valence electrons. The molecule has 2 aromatic rings. The third kappa shape index (κ3) is 8.55. The highest BCUT2D eigenvalue weighted by molar-refractivity contribution is 5.97. The molecule has 4 heterocycles. The third-order valence-corrected chi connectivity index (χ3v) is 10.4. The number of fused-ring (bicyclic) bond motifs is 1. The van der Waals surface area contributed by atoms with Gasteiger partial charge in [-0.3, -0.25) is 9.59 Å². The van der Waals surface area contributed by atoms with Crippen molar-refractivity contribution in [2.75, 3.05) is 56.5 Å². The number of nitrogens with one attached hydrogen (secondary N) is 3. The number of ether oxygens (including phenoxy) is 1. The van der Waals surface area contributed by atoms with Crippen molar-refractivity contribution in [3.05, 3.63) is 59.7 Å². The molecule has 13 nitrogen and oxygen atoms in total. The number of nitrogens with zero attached hydrogens (tertiary/aromatic N) is 4. The standard InChI is InChI=1S/C37H49N7O6/c1-2-50-35(47)26-10-12-28(13-11-26)38-36(48)39-32(34(46)43-22-14-29(15-23-43)41-18-6-3-7-19-41)24-33(45)42-20-16-30(17-21-42)44-25-27-8-4-5-9-31(27)40-37(44)49/h4-5,8-13,29-30,32H,2-3,6-7,14-25H2,1H3,(H,40,49)(H2,38,39,48)/t32-/m1/s1. The molecule has 0 radical (unpaired) electrons. The van der Waals surface area contributed by atoms with Crippen molar-refractivity contribution in [2.45, 2.75) is 83.0 Å². The lowest BCUT2D eigenvalue weighted by atomic mass is 9.98. The molecule has 4 aliphatic heterocycles. The Morgan fingerprint density at radius 2 is 1.50 bits per heavy atom. The van der Waals surface area contributed by atoms with Crippen molar-refractivity contribution >= 4 is 41.2 Å². The van der Waals surface area contributed by atoms with E-state index in [2.05, 4.69) is 20.9 Å². The van der Waals surface area contributed by atoms with Crippen LogP contribution in [0.1, 0.15) is 74.2 Å². The summed E-state index contributed by atoms with van der Waals surface area (Å²) in [5.74, 6) is -0.926. The van der Waals surface area contributed by atoms with Gasteiger partial charge in [-0.05, 0) is 94.4 Å². The van der Waals surface area contributed by atoms with E-state index >= 15 is 0 Å². The molecule has 50 heavy (non-hydrogen) atoms. The van der Waals surface area contributed by atoms with E-state index in [0.717, 1.165) is 37.2 Å². The van der Waals surface area contributed by atoms with E-state index in [4.69, 9.17) is 4.74 Å². The summed E-state index contributed by atoms with van der Waals surface area (Å²) in [5.41, 5.74) is 2.69. The second-order valence-corrected chi connectivity index (χ2v) is 13.6. The van der Waals surface area contributed by atoms with Crippen LogP contribution in [0.3, 0.4) is 0 Å². The second-order valence-electron chi connectivity index (χ2n) is 13.6. The number of carbonyl (C=O) groups excluding carboxylic acids is 5. The molecule has 13 heteroatoms. The van der Waals surface area contributed by atoms with E-state index in [-0.39, 0.29) is 36.9 Å². The summed E-state index contributed by atoms with van der Waals surface area (Å²) in [6, 6.07) is 12.7. The number of piperidine rings is 3. The van der Waals surface area contributed by atoms with Gasteiger partial charge in [0.05, 0.1) is 18.6 Å². The lowest BCUT2D eigenvalue weighted by Gasteiger charge is -2.41. The Hall–Kier alpha value is -4.65. The van der Waals surface area contributed by atoms with E-state index in [1.54, 1.807) is 41.0 Å². The lowest BCUT2D eigenvalue weighted by Crippen LogP contribution is -2.56. The van der Waals surface area contributed by atoms with Crippen LogP contribution >= 0.6 is 0 Å². The maximum absolute atomic E-state index is 14.0. The van der Waals surface area contributed by atoms with Gasteiger partial charge in [-0.15, -0.1) is 0 Å². The number of hydrogen-bond acceptors (Lipinski definition) is 7. The van der Waals surface area contributed by atoms with Crippen LogP contribution in [-0.4, -0.2) is 113 Å². The maximum Gasteiger partial charge on any atom is 0.338 e. The Labute approximate surface area is 293 Å². The number of benzene rings is 2. The first kappa shape index (κ1) is 35.2. The zero-order valence-corrected chi connectivity index (χ0v) is 28.9. The molecule has 6 rings (SSSR count). The Kier molecular flexibility index (Phi) is 11.5. The number of carbonyl (C=O) groups is 5. The second kappa shape index (κ2) is 16.4. The molecule has 3 fully saturated rings. The topological polar surface area (TPSA) is 144 Å². The number of para-hydroxylation sites is 1. The van der Waals surface area contributed by atoms with Gasteiger partial charge in [0.25, 0.3) is 0 Å². The molecule has 0 spiro atoms. The maximum atomic E-state index is 14.0. The van der Waals surface area contributed by atoms with Gasteiger partial charge in [0.15, 0.2) is 0 Å². The molecule has 3 saturated heterocycles. The molecule has 4 aliphatic rings.